The van der Waals surface area contributed by atoms with Gasteiger partial charge in [0.25, 0.3) is 0 Å². The predicted octanol–water partition coefficient (Wildman–Crippen LogP) is 3.69. The number of carbonyl (C=O) groups is 1. The molecule has 0 unspecified atom stereocenters. The molecule has 2 aromatic carbocycles. The van der Waals surface area contributed by atoms with E-state index in [-0.39, 0.29) is 18.0 Å². The van der Waals surface area contributed by atoms with Crippen molar-refractivity contribution < 1.29 is 14.3 Å². The van der Waals surface area contributed by atoms with E-state index >= 15 is 0 Å². The molecule has 0 heterocycles. The van der Waals surface area contributed by atoms with Gasteiger partial charge in [-0.05, 0) is 33.9 Å². The Labute approximate surface area is 119 Å². The molecule has 0 radical (unpaired) electrons. The molecule has 0 amide bonds. The number of methoxy groups -OCH3 is 1. The molecule has 0 aromatic heterocycles. The van der Waals surface area contributed by atoms with Gasteiger partial charge in [0.05, 0.1) is 7.11 Å². The third-order valence-corrected chi connectivity index (χ3v) is 3.25. The zero-order valence-corrected chi connectivity index (χ0v) is 12.4. The molecule has 3 nitrogen and oxygen atoms in total. The molecule has 0 atom stereocenters. The summed E-state index contributed by atoms with van der Waals surface area (Å²) in [6, 6.07) is 12.1. The highest BCUT2D eigenvalue weighted by molar-refractivity contribution is 5.88. The molecule has 0 bridgehead atoms. The minimum Gasteiger partial charge on any atom is -0.482 e. The fourth-order valence-corrected chi connectivity index (χ4v) is 2.20. The number of carbonyl (C=O) groups excluding carboxylic acids is 1. The largest absolute Gasteiger partial charge is 0.482 e. The Kier molecular flexibility index (Phi) is 3.98. The lowest BCUT2D eigenvalue weighted by molar-refractivity contribution is -0.142. The zero-order chi connectivity index (χ0) is 14.8. The Morgan fingerprint density at radius 2 is 1.90 bits per heavy atom. The van der Waals surface area contributed by atoms with E-state index in [2.05, 4.69) is 43.7 Å². The van der Waals surface area contributed by atoms with Crippen LogP contribution >= 0.6 is 0 Å². The molecule has 0 N–H and O–H groups in total. The number of esters is 1. The Bertz CT molecular complexity index is 624. The molecule has 20 heavy (non-hydrogen) atoms. The summed E-state index contributed by atoms with van der Waals surface area (Å²) < 4.78 is 10.0. The van der Waals surface area contributed by atoms with Crippen molar-refractivity contribution in [3.05, 3.63) is 42.0 Å². The first-order valence-electron chi connectivity index (χ1n) is 6.64. The number of benzene rings is 2. The van der Waals surface area contributed by atoms with Gasteiger partial charge in [0, 0.05) is 0 Å². The molecule has 0 aliphatic rings. The summed E-state index contributed by atoms with van der Waals surface area (Å²) >= 11 is 0. The highest BCUT2D eigenvalue weighted by Crippen LogP contribution is 2.32. The number of hydrogen-bond donors (Lipinski definition) is 0. The fraction of sp³-hybridized carbons (Fsp3) is 0.353. The van der Waals surface area contributed by atoms with Crippen molar-refractivity contribution in [1.29, 1.82) is 0 Å². The van der Waals surface area contributed by atoms with Crippen LogP contribution in [0.25, 0.3) is 10.8 Å². The van der Waals surface area contributed by atoms with Gasteiger partial charge < -0.3 is 9.47 Å². The minimum absolute atomic E-state index is 0.0560. The van der Waals surface area contributed by atoms with Crippen LogP contribution < -0.4 is 4.74 Å². The van der Waals surface area contributed by atoms with Gasteiger partial charge in [-0.3, -0.25) is 0 Å². The summed E-state index contributed by atoms with van der Waals surface area (Å²) in [7, 11) is 1.35. The molecule has 0 fully saturated rings. The number of hydrogen-bond acceptors (Lipinski definition) is 3. The van der Waals surface area contributed by atoms with E-state index < -0.39 is 0 Å². The fourth-order valence-electron chi connectivity index (χ4n) is 2.20. The maximum atomic E-state index is 11.1. The van der Waals surface area contributed by atoms with Gasteiger partial charge >= 0.3 is 5.97 Å². The van der Waals surface area contributed by atoms with Gasteiger partial charge in [0.1, 0.15) is 5.75 Å². The first-order valence-corrected chi connectivity index (χ1v) is 6.64. The van der Waals surface area contributed by atoms with Crippen molar-refractivity contribution >= 4 is 16.7 Å². The second-order valence-corrected chi connectivity index (χ2v) is 5.80. The van der Waals surface area contributed by atoms with Crippen molar-refractivity contribution in [2.45, 2.75) is 26.2 Å². The Morgan fingerprint density at radius 3 is 2.55 bits per heavy atom. The second-order valence-electron chi connectivity index (χ2n) is 5.80. The summed E-state index contributed by atoms with van der Waals surface area (Å²) in [6.45, 7) is 6.48. The van der Waals surface area contributed by atoms with Gasteiger partial charge in [-0.25, -0.2) is 4.79 Å². The van der Waals surface area contributed by atoms with Gasteiger partial charge in [0.15, 0.2) is 6.61 Å². The maximum absolute atomic E-state index is 11.1. The average molecular weight is 272 g/mol. The quantitative estimate of drug-likeness (QED) is 0.799. The van der Waals surface area contributed by atoms with Crippen LogP contribution in [0.4, 0.5) is 0 Å². The van der Waals surface area contributed by atoms with E-state index in [0.29, 0.717) is 5.75 Å². The van der Waals surface area contributed by atoms with Crippen LogP contribution in [0.3, 0.4) is 0 Å². The molecular formula is C17H20O3. The highest BCUT2D eigenvalue weighted by atomic mass is 16.6. The monoisotopic (exact) mass is 272 g/mol. The Balaban J connectivity index is 2.39. The van der Waals surface area contributed by atoms with Crippen molar-refractivity contribution in [1.82, 2.24) is 0 Å². The molecule has 106 valence electrons. The van der Waals surface area contributed by atoms with Gasteiger partial charge in [-0.1, -0.05) is 45.0 Å². The van der Waals surface area contributed by atoms with Crippen molar-refractivity contribution in [3.8, 4) is 5.75 Å². The second kappa shape index (κ2) is 5.53. The summed E-state index contributed by atoms with van der Waals surface area (Å²) in [5.74, 6) is 0.300. The molecule has 0 aliphatic carbocycles. The number of rotatable bonds is 3. The molecule has 2 aromatic rings. The molecule has 3 heteroatoms. The average Bonchev–Trinajstić information content (AvgIpc) is 2.42. The minimum atomic E-state index is -0.380. The number of ether oxygens (including phenoxy) is 2. The van der Waals surface area contributed by atoms with E-state index in [0.717, 1.165) is 5.39 Å². The lowest BCUT2D eigenvalue weighted by Crippen LogP contribution is -2.13. The molecule has 2 rings (SSSR count). The third-order valence-electron chi connectivity index (χ3n) is 3.25. The lowest BCUT2D eigenvalue weighted by atomic mass is 9.84. The molecule has 0 saturated carbocycles. The van der Waals surface area contributed by atoms with E-state index in [4.69, 9.17) is 4.74 Å². The molecule has 0 saturated heterocycles. The normalized spacial score (nSPS) is 11.4. The van der Waals surface area contributed by atoms with Gasteiger partial charge in [-0.2, -0.15) is 0 Å². The SMILES string of the molecule is COC(=O)COc1ccc2cccc(C(C)(C)C)c2c1. The number of fused-ring (bicyclic) bond motifs is 1. The van der Waals surface area contributed by atoms with Crippen LogP contribution in [-0.4, -0.2) is 19.7 Å². The van der Waals surface area contributed by atoms with Crippen LogP contribution in [0.15, 0.2) is 36.4 Å². The van der Waals surface area contributed by atoms with Crippen LogP contribution in [0.1, 0.15) is 26.3 Å². The predicted molar refractivity (Wildman–Crippen MR) is 80.2 cm³/mol. The van der Waals surface area contributed by atoms with Crippen molar-refractivity contribution in [3.63, 3.8) is 0 Å². The first kappa shape index (κ1) is 14.4. The maximum Gasteiger partial charge on any atom is 0.343 e. The third kappa shape index (κ3) is 3.10. The molecular weight excluding hydrogens is 252 g/mol. The summed E-state index contributed by atoms with van der Waals surface area (Å²) in [6.07, 6.45) is 0. The zero-order valence-electron chi connectivity index (χ0n) is 12.4. The summed E-state index contributed by atoms with van der Waals surface area (Å²) in [4.78, 5) is 11.1. The van der Waals surface area contributed by atoms with E-state index in [9.17, 15) is 4.79 Å². The molecule has 0 aliphatic heterocycles. The topological polar surface area (TPSA) is 35.5 Å². The van der Waals surface area contributed by atoms with Crippen LogP contribution in [0.5, 0.6) is 5.75 Å². The van der Waals surface area contributed by atoms with Crippen LogP contribution in [0, 0.1) is 0 Å². The van der Waals surface area contributed by atoms with E-state index in [1.165, 1.54) is 18.1 Å². The van der Waals surface area contributed by atoms with Crippen LogP contribution in [-0.2, 0) is 14.9 Å². The van der Waals surface area contributed by atoms with Crippen molar-refractivity contribution in [2.24, 2.45) is 0 Å². The highest BCUT2D eigenvalue weighted by Gasteiger charge is 2.16. The van der Waals surface area contributed by atoms with Crippen LogP contribution in [0.2, 0.25) is 0 Å². The molecule has 0 spiro atoms. The Hall–Kier alpha value is -2.03. The standard InChI is InChI=1S/C17H20O3/c1-17(2,3)15-7-5-6-12-8-9-13(10-14(12)15)20-11-16(18)19-4/h5-10H,11H2,1-4H3. The lowest BCUT2D eigenvalue weighted by Gasteiger charge is -2.21. The summed E-state index contributed by atoms with van der Waals surface area (Å²) in [5, 5.41) is 2.32. The van der Waals surface area contributed by atoms with Gasteiger partial charge in [-0.15, -0.1) is 0 Å². The first-order chi connectivity index (χ1) is 9.41. The van der Waals surface area contributed by atoms with Crippen molar-refractivity contribution in [2.75, 3.05) is 13.7 Å². The van der Waals surface area contributed by atoms with Gasteiger partial charge in [0.2, 0.25) is 0 Å². The summed E-state index contributed by atoms with van der Waals surface area (Å²) in [5.41, 5.74) is 1.32. The van der Waals surface area contributed by atoms with E-state index in [1.807, 2.05) is 18.2 Å². The smallest absolute Gasteiger partial charge is 0.343 e. The van der Waals surface area contributed by atoms with E-state index in [1.54, 1.807) is 0 Å². The Morgan fingerprint density at radius 1 is 1.15 bits per heavy atom.